The third-order valence-corrected chi connectivity index (χ3v) is 5.02. The van der Waals surface area contributed by atoms with Gasteiger partial charge >= 0.3 is 0 Å². The molecule has 1 aliphatic rings. The highest BCUT2D eigenvalue weighted by atomic mass is 16.5. The summed E-state index contributed by atoms with van der Waals surface area (Å²) in [5.41, 5.74) is 1.66. The van der Waals surface area contributed by atoms with Crippen molar-refractivity contribution in [1.29, 1.82) is 0 Å². The van der Waals surface area contributed by atoms with Gasteiger partial charge in [0.15, 0.2) is 0 Å². The summed E-state index contributed by atoms with van der Waals surface area (Å²) < 4.78 is 10.6. The van der Waals surface area contributed by atoms with E-state index in [1.54, 1.807) is 49.6 Å². The highest BCUT2D eigenvalue weighted by Crippen LogP contribution is 2.21. The van der Waals surface area contributed by atoms with Crippen LogP contribution in [0, 0.1) is 0 Å². The van der Waals surface area contributed by atoms with Crippen LogP contribution in [-0.2, 0) is 4.74 Å². The van der Waals surface area contributed by atoms with Crippen molar-refractivity contribution >= 4 is 17.5 Å². The number of nitrogens with one attached hydrogen (secondary N) is 2. The van der Waals surface area contributed by atoms with Crippen molar-refractivity contribution in [3.63, 3.8) is 0 Å². The maximum Gasteiger partial charge on any atom is 0.259 e. The number of carbonyl (C=O) groups excluding carboxylic acids is 2. The van der Waals surface area contributed by atoms with Crippen LogP contribution in [0.1, 0.15) is 52.8 Å². The second-order valence-electron chi connectivity index (χ2n) is 7.18. The van der Waals surface area contributed by atoms with Gasteiger partial charge in [-0.1, -0.05) is 31.4 Å². The van der Waals surface area contributed by atoms with Crippen molar-refractivity contribution in [3.8, 4) is 5.75 Å². The highest BCUT2D eigenvalue weighted by Gasteiger charge is 2.17. The van der Waals surface area contributed by atoms with Gasteiger partial charge in [0, 0.05) is 24.4 Å². The van der Waals surface area contributed by atoms with Gasteiger partial charge in [-0.3, -0.25) is 9.59 Å². The third-order valence-electron chi connectivity index (χ3n) is 5.02. The van der Waals surface area contributed by atoms with Crippen molar-refractivity contribution in [3.05, 3.63) is 59.7 Å². The van der Waals surface area contributed by atoms with E-state index in [0.29, 0.717) is 35.8 Å². The summed E-state index contributed by atoms with van der Waals surface area (Å²) >= 11 is 0. The predicted molar refractivity (Wildman–Crippen MR) is 113 cm³/mol. The van der Waals surface area contributed by atoms with Gasteiger partial charge in [-0.05, 0) is 49.2 Å². The van der Waals surface area contributed by atoms with Gasteiger partial charge in [0.2, 0.25) is 0 Å². The number of para-hydroxylation sites is 1. The fourth-order valence-corrected chi connectivity index (χ4v) is 3.43. The first kappa shape index (κ1) is 20.9. The van der Waals surface area contributed by atoms with E-state index >= 15 is 0 Å². The average Bonchev–Trinajstić information content (AvgIpc) is 2.75. The summed E-state index contributed by atoms with van der Waals surface area (Å²) in [5, 5.41) is 5.95. The number of amides is 2. The monoisotopic (exact) mass is 396 g/mol. The van der Waals surface area contributed by atoms with E-state index in [2.05, 4.69) is 10.6 Å². The molecule has 1 fully saturated rings. The molecule has 6 heteroatoms. The van der Waals surface area contributed by atoms with Crippen molar-refractivity contribution in [1.82, 2.24) is 5.32 Å². The van der Waals surface area contributed by atoms with Crippen LogP contribution in [0.25, 0.3) is 0 Å². The lowest BCUT2D eigenvalue weighted by atomic mass is 9.95. The number of hydrogen-bond donors (Lipinski definition) is 2. The first-order valence-electron chi connectivity index (χ1n) is 10.1. The molecule has 2 aromatic carbocycles. The molecule has 1 saturated carbocycles. The van der Waals surface area contributed by atoms with Gasteiger partial charge in [-0.25, -0.2) is 0 Å². The van der Waals surface area contributed by atoms with Crippen LogP contribution in [0.4, 0.5) is 5.69 Å². The summed E-state index contributed by atoms with van der Waals surface area (Å²) in [6.45, 7) is 0.811. The van der Waals surface area contributed by atoms with Gasteiger partial charge in [0.25, 0.3) is 11.8 Å². The lowest BCUT2D eigenvalue weighted by Gasteiger charge is -2.22. The van der Waals surface area contributed by atoms with Crippen LogP contribution in [0.15, 0.2) is 48.5 Å². The Morgan fingerprint density at radius 3 is 2.38 bits per heavy atom. The molecule has 6 nitrogen and oxygen atoms in total. The zero-order valence-corrected chi connectivity index (χ0v) is 16.8. The summed E-state index contributed by atoms with van der Waals surface area (Å²) in [5.74, 6) is 0.176. The summed E-state index contributed by atoms with van der Waals surface area (Å²) in [6, 6.07) is 14.3. The predicted octanol–water partition coefficient (Wildman–Crippen LogP) is 4.03. The van der Waals surface area contributed by atoms with Gasteiger partial charge in [0.1, 0.15) is 12.4 Å². The summed E-state index contributed by atoms with van der Waals surface area (Å²) in [4.78, 5) is 25.1. The minimum absolute atomic E-state index is 0.0633. The van der Waals surface area contributed by atoms with Crippen LogP contribution in [0.3, 0.4) is 0 Å². The molecule has 2 aromatic rings. The van der Waals surface area contributed by atoms with Crippen LogP contribution in [0.5, 0.6) is 5.75 Å². The highest BCUT2D eigenvalue weighted by molar-refractivity contribution is 6.06. The van der Waals surface area contributed by atoms with Gasteiger partial charge in [0.05, 0.1) is 12.2 Å². The Kier molecular flexibility index (Phi) is 7.64. The fourth-order valence-electron chi connectivity index (χ4n) is 3.43. The normalized spacial score (nSPS) is 14.2. The van der Waals surface area contributed by atoms with Crippen LogP contribution >= 0.6 is 0 Å². The van der Waals surface area contributed by atoms with Crippen molar-refractivity contribution < 1.29 is 19.1 Å². The van der Waals surface area contributed by atoms with Crippen LogP contribution in [0.2, 0.25) is 0 Å². The second-order valence-corrected chi connectivity index (χ2v) is 7.18. The molecule has 0 radical (unpaired) electrons. The molecule has 2 amide bonds. The minimum Gasteiger partial charge on any atom is -0.490 e. The molecule has 0 heterocycles. The Labute approximate surface area is 171 Å². The number of rotatable bonds is 8. The number of ether oxygens (including phenoxy) is 2. The van der Waals surface area contributed by atoms with Gasteiger partial charge < -0.3 is 20.1 Å². The van der Waals surface area contributed by atoms with Crippen LogP contribution in [-0.4, -0.2) is 38.2 Å². The maximum atomic E-state index is 12.6. The topological polar surface area (TPSA) is 76.7 Å². The molecule has 1 aliphatic carbocycles. The Morgan fingerprint density at radius 2 is 1.66 bits per heavy atom. The van der Waals surface area contributed by atoms with Crippen molar-refractivity contribution in [2.24, 2.45) is 0 Å². The van der Waals surface area contributed by atoms with E-state index in [-0.39, 0.29) is 17.9 Å². The van der Waals surface area contributed by atoms with E-state index in [1.165, 1.54) is 19.3 Å². The molecule has 0 spiro atoms. The first-order valence-corrected chi connectivity index (χ1v) is 10.1. The Balaban J connectivity index is 1.59. The molecule has 0 aliphatic heterocycles. The van der Waals surface area contributed by atoms with E-state index in [1.807, 2.05) is 6.07 Å². The molecule has 0 unspecified atom stereocenters. The molecule has 2 N–H and O–H groups in total. The number of benzene rings is 2. The van der Waals surface area contributed by atoms with E-state index in [9.17, 15) is 9.59 Å². The average molecular weight is 396 g/mol. The zero-order valence-electron chi connectivity index (χ0n) is 16.8. The maximum absolute atomic E-state index is 12.6. The fraction of sp³-hybridized carbons (Fsp3) is 0.391. The molecule has 0 saturated heterocycles. The van der Waals surface area contributed by atoms with Crippen LogP contribution < -0.4 is 15.4 Å². The molecular formula is C23H28N2O4. The largest absolute Gasteiger partial charge is 0.490 e. The van der Waals surface area contributed by atoms with Crippen molar-refractivity contribution in [2.75, 3.05) is 25.6 Å². The smallest absolute Gasteiger partial charge is 0.259 e. The lowest BCUT2D eigenvalue weighted by molar-refractivity contribution is 0.0927. The Morgan fingerprint density at radius 1 is 0.931 bits per heavy atom. The number of carbonyl (C=O) groups is 2. The molecule has 154 valence electrons. The molecular weight excluding hydrogens is 368 g/mol. The standard InChI is InChI=1S/C23H28N2O4/c1-28-15-16-29-21-10-6-5-9-20(21)23(27)25-19-13-11-17(12-14-19)22(26)24-18-7-3-2-4-8-18/h5-6,9-14,18H,2-4,7-8,15-16H2,1H3,(H,24,26)(H,25,27). The summed E-state index contributed by atoms with van der Waals surface area (Å²) in [6.07, 6.45) is 5.69. The Bertz CT molecular complexity index is 814. The Hall–Kier alpha value is -2.86. The second kappa shape index (κ2) is 10.6. The third kappa shape index (κ3) is 6.06. The van der Waals surface area contributed by atoms with Crippen molar-refractivity contribution in [2.45, 2.75) is 38.1 Å². The minimum atomic E-state index is -0.266. The molecule has 0 aromatic heterocycles. The molecule has 29 heavy (non-hydrogen) atoms. The molecule has 0 atom stereocenters. The van der Waals surface area contributed by atoms with E-state index < -0.39 is 0 Å². The van der Waals surface area contributed by atoms with E-state index in [0.717, 1.165) is 12.8 Å². The first-order chi connectivity index (χ1) is 14.2. The van der Waals surface area contributed by atoms with Gasteiger partial charge in [-0.15, -0.1) is 0 Å². The van der Waals surface area contributed by atoms with E-state index in [4.69, 9.17) is 9.47 Å². The van der Waals surface area contributed by atoms with Gasteiger partial charge in [-0.2, -0.15) is 0 Å². The molecule has 3 rings (SSSR count). The molecule has 0 bridgehead atoms. The number of methoxy groups -OCH3 is 1. The summed E-state index contributed by atoms with van der Waals surface area (Å²) in [7, 11) is 1.60. The SMILES string of the molecule is COCCOc1ccccc1C(=O)Nc1ccc(C(=O)NC2CCCCC2)cc1. The number of anilines is 1. The quantitative estimate of drug-likeness (QED) is 0.661. The lowest BCUT2D eigenvalue weighted by Crippen LogP contribution is -2.36. The number of hydrogen-bond acceptors (Lipinski definition) is 4. The zero-order chi connectivity index (χ0) is 20.5.